The number of rotatable bonds is 2. The predicted octanol–water partition coefficient (Wildman–Crippen LogP) is 3.10. The van der Waals surface area contributed by atoms with Crippen molar-refractivity contribution in [3.05, 3.63) is 23.8 Å². The molecule has 1 aromatic rings. The van der Waals surface area contributed by atoms with Crippen LogP contribution < -0.4 is 9.64 Å². The van der Waals surface area contributed by atoms with Crippen molar-refractivity contribution in [1.82, 2.24) is 0 Å². The van der Waals surface area contributed by atoms with Crippen molar-refractivity contribution in [2.24, 2.45) is 0 Å². The second-order valence-electron chi connectivity index (χ2n) is 5.65. The molecular formula is C15H20N2O. The van der Waals surface area contributed by atoms with Gasteiger partial charge in [-0.3, -0.25) is 0 Å². The topological polar surface area (TPSA) is 36.3 Å². The molecule has 0 N–H and O–H groups in total. The van der Waals surface area contributed by atoms with Crippen LogP contribution in [0.2, 0.25) is 0 Å². The summed E-state index contributed by atoms with van der Waals surface area (Å²) in [6.45, 7) is 8.93. The van der Waals surface area contributed by atoms with E-state index in [-0.39, 0.29) is 5.41 Å². The van der Waals surface area contributed by atoms with Crippen LogP contribution in [0.15, 0.2) is 18.2 Å². The summed E-state index contributed by atoms with van der Waals surface area (Å²) in [7, 11) is 0. The second kappa shape index (κ2) is 4.89. The van der Waals surface area contributed by atoms with Crippen LogP contribution >= 0.6 is 0 Å². The summed E-state index contributed by atoms with van der Waals surface area (Å²) in [5, 5.41) is 8.72. The first-order chi connectivity index (χ1) is 8.54. The fourth-order valence-corrected chi connectivity index (χ4v) is 2.31. The molecule has 0 unspecified atom stereocenters. The quantitative estimate of drug-likeness (QED) is 0.802. The highest BCUT2D eigenvalue weighted by Gasteiger charge is 2.25. The molecule has 1 heterocycles. The molecule has 0 aliphatic carbocycles. The van der Waals surface area contributed by atoms with E-state index in [1.807, 2.05) is 0 Å². The third kappa shape index (κ3) is 2.43. The van der Waals surface area contributed by atoms with E-state index in [2.05, 4.69) is 49.9 Å². The number of nitriles is 1. The van der Waals surface area contributed by atoms with Crippen molar-refractivity contribution in [2.45, 2.75) is 32.6 Å². The zero-order valence-corrected chi connectivity index (χ0v) is 11.4. The lowest BCUT2D eigenvalue weighted by Gasteiger charge is -2.34. The molecule has 3 heteroatoms. The highest BCUT2D eigenvalue weighted by molar-refractivity contribution is 5.64. The molecule has 2 rings (SSSR count). The highest BCUT2D eigenvalue weighted by atomic mass is 16.5. The van der Waals surface area contributed by atoms with Gasteiger partial charge < -0.3 is 9.64 Å². The van der Waals surface area contributed by atoms with Gasteiger partial charge in [0.2, 0.25) is 0 Å². The normalized spacial score (nSPS) is 14.7. The number of para-hydroxylation sites is 1. The van der Waals surface area contributed by atoms with Crippen molar-refractivity contribution < 1.29 is 4.74 Å². The van der Waals surface area contributed by atoms with Crippen LogP contribution in [0.1, 0.15) is 32.8 Å². The largest absolute Gasteiger partial charge is 0.489 e. The third-order valence-corrected chi connectivity index (χ3v) is 3.24. The van der Waals surface area contributed by atoms with Gasteiger partial charge in [0.05, 0.1) is 24.7 Å². The summed E-state index contributed by atoms with van der Waals surface area (Å²) in [5.74, 6) is 0.995. The van der Waals surface area contributed by atoms with Gasteiger partial charge in [0.25, 0.3) is 0 Å². The standard InChI is InChI=1S/C15H20N2O/c1-15(2,3)12-6-4-7-13-14(12)18-11-10-17(13)9-5-8-16/h4,6-7H,5,9-11H2,1-3H3. The van der Waals surface area contributed by atoms with Crippen molar-refractivity contribution >= 4 is 5.69 Å². The Hall–Kier alpha value is -1.69. The molecule has 0 atom stereocenters. The Morgan fingerprint density at radius 2 is 2.17 bits per heavy atom. The number of ether oxygens (including phenoxy) is 1. The molecular weight excluding hydrogens is 224 g/mol. The molecule has 0 spiro atoms. The summed E-state index contributed by atoms with van der Waals surface area (Å²) in [5.41, 5.74) is 2.44. The Kier molecular flexibility index (Phi) is 3.47. The van der Waals surface area contributed by atoms with Crippen LogP contribution in [0.4, 0.5) is 5.69 Å². The first-order valence-corrected chi connectivity index (χ1v) is 6.42. The number of hydrogen-bond donors (Lipinski definition) is 0. The van der Waals surface area contributed by atoms with E-state index in [0.29, 0.717) is 13.0 Å². The van der Waals surface area contributed by atoms with Gasteiger partial charge in [0.1, 0.15) is 12.4 Å². The van der Waals surface area contributed by atoms with Gasteiger partial charge in [-0.2, -0.15) is 5.26 Å². The van der Waals surface area contributed by atoms with Crippen molar-refractivity contribution in [1.29, 1.82) is 5.26 Å². The molecule has 0 bridgehead atoms. The van der Waals surface area contributed by atoms with Crippen LogP contribution in [-0.2, 0) is 5.41 Å². The van der Waals surface area contributed by atoms with E-state index in [1.54, 1.807) is 0 Å². The summed E-state index contributed by atoms with van der Waals surface area (Å²) in [6, 6.07) is 8.50. The Morgan fingerprint density at radius 1 is 1.39 bits per heavy atom. The molecule has 3 nitrogen and oxygen atoms in total. The fourth-order valence-electron chi connectivity index (χ4n) is 2.31. The van der Waals surface area contributed by atoms with E-state index < -0.39 is 0 Å². The Labute approximate surface area is 109 Å². The highest BCUT2D eigenvalue weighted by Crippen LogP contribution is 2.40. The van der Waals surface area contributed by atoms with E-state index in [0.717, 1.165) is 24.5 Å². The number of nitrogens with zero attached hydrogens (tertiary/aromatic N) is 2. The summed E-state index contributed by atoms with van der Waals surface area (Å²) in [4.78, 5) is 2.25. The number of benzene rings is 1. The number of anilines is 1. The smallest absolute Gasteiger partial charge is 0.146 e. The van der Waals surface area contributed by atoms with Gasteiger partial charge in [-0.1, -0.05) is 32.9 Å². The summed E-state index contributed by atoms with van der Waals surface area (Å²) < 4.78 is 5.87. The molecule has 0 fully saturated rings. The molecule has 0 amide bonds. The maximum Gasteiger partial charge on any atom is 0.146 e. The molecule has 96 valence electrons. The van der Waals surface area contributed by atoms with Gasteiger partial charge >= 0.3 is 0 Å². The minimum atomic E-state index is 0.0730. The van der Waals surface area contributed by atoms with E-state index >= 15 is 0 Å². The maximum absolute atomic E-state index is 8.72. The number of hydrogen-bond acceptors (Lipinski definition) is 3. The average Bonchev–Trinajstić information content (AvgIpc) is 2.34. The van der Waals surface area contributed by atoms with Gasteiger partial charge in [0, 0.05) is 12.1 Å². The van der Waals surface area contributed by atoms with Crippen molar-refractivity contribution in [3.8, 4) is 11.8 Å². The Bertz CT molecular complexity index is 468. The van der Waals surface area contributed by atoms with E-state index in [1.165, 1.54) is 5.56 Å². The zero-order chi connectivity index (χ0) is 13.2. The third-order valence-electron chi connectivity index (χ3n) is 3.24. The van der Waals surface area contributed by atoms with Crippen molar-refractivity contribution in [2.75, 3.05) is 24.6 Å². The lowest BCUT2D eigenvalue weighted by Crippen LogP contribution is -2.34. The lowest BCUT2D eigenvalue weighted by molar-refractivity contribution is 0.299. The van der Waals surface area contributed by atoms with Gasteiger partial charge in [-0.05, 0) is 11.5 Å². The lowest BCUT2D eigenvalue weighted by atomic mass is 9.85. The summed E-state index contributed by atoms with van der Waals surface area (Å²) in [6.07, 6.45) is 0.555. The first-order valence-electron chi connectivity index (χ1n) is 6.42. The van der Waals surface area contributed by atoms with Gasteiger partial charge in [0.15, 0.2) is 0 Å². The molecule has 0 saturated carbocycles. The Balaban J connectivity index is 2.38. The molecule has 1 aliphatic heterocycles. The van der Waals surface area contributed by atoms with E-state index in [4.69, 9.17) is 10.00 Å². The van der Waals surface area contributed by atoms with E-state index in [9.17, 15) is 0 Å². The maximum atomic E-state index is 8.72. The molecule has 1 aliphatic rings. The first kappa shape index (κ1) is 12.8. The second-order valence-corrected chi connectivity index (χ2v) is 5.65. The molecule has 0 aromatic heterocycles. The van der Waals surface area contributed by atoms with Crippen LogP contribution in [0, 0.1) is 11.3 Å². The van der Waals surface area contributed by atoms with Gasteiger partial charge in [-0.25, -0.2) is 0 Å². The monoisotopic (exact) mass is 244 g/mol. The summed E-state index contributed by atoms with van der Waals surface area (Å²) >= 11 is 0. The van der Waals surface area contributed by atoms with Gasteiger partial charge in [-0.15, -0.1) is 0 Å². The van der Waals surface area contributed by atoms with Crippen LogP contribution in [0.5, 0.6) is 5.75 Å². The number of fused-ring (bicyclic) bond motifs is 1. The van der Waals surface area contributed by atoms with Crippen LogP contribution in [-0.4, -0.2) is 19.7 Å². The molecule has 18 heavy (non-hydrogen) atoms. The zero-order valence-electron chi connectivity index (χ0n) is 11.4. The average molecular weight is 244 g/mol. The van der Waals surface area contributed by atoms with Crippen molar-refractivity contribution in [3.63, 3.8) is 0 Å². The predicted molar refractivity (Wildman–Crippen MR) is 73.1 cm³/mol. The molecule has 1 aromatic carbocycles. The minimum Gasteiger partial charge on any atom is -0.489 e. The fraction of sp³-hybridized carbons (Fsp3) is 0.533. The van der Waals surface area contributed by atoms with Crippen LogP contribution in [0.25, 0.3) is 0 Å². The Morgan fingerprint density at radius 3 is 2.83 bits per heavy atom. The molecule has 0 saturated heterocycles. The van der Waals surface area contributed by atoms with Crippen LogP contribution in [0.3, 0.4) is 0 Å². The SMILES string of the molecule is CC(C)(C)c1cccc2c1OCCN2CCC#N. The molecule has 0 radical (unpaired) electrons. The minimum absolute atomic E-state index is 0.0730.